The van der Waals surface area contributed by atoms with Gasteiger partial charge in [-0.3, -0.25) is 0 Å². The minimum Gasteiger partial charge on any atom is -0.308 e. The van der Waals surface area contributed by atoms with Crippen molar-refractivity contribution in [1.82, 2.24) is 0 Å². The van der Waals surface area contributed by atoms with Crippen molar-refractivity contribution in [2.75, 3.05) is 4.90 Å². The molecule has 1 aliphatic rings. The molecule has 0 spiro atoms. The van der Waals surface area contributed by atoms with Crippen molar-refractivity contribution in [3.05, 3.63) is 77.4 Å². The molecule has 0 amide bonds. The van der Waals surface area contributed by atoms with Crippen molar-refractivity contribution >= 4 is 28.8 Å². The van der Waals surface area contributed by atoms with Crippen LogP contribution in [0.2, 0.25) is 0 Å². The molecule has 1 aliphatic heterocycles. The third-order valence-electron chi connectivity index (χ3n) is 7.50. The van der Waals surface area contributed by atoms with Crippen LogP contribution in [-0.4, -0.2) is 0 Å². The summed E-state index contributed by atoms with van der Waals surface area (Å²) in [7, 11) is 0. The number of rotatable bonds is 9. The number of unbranched alkanes of at least 4 members (excludes halogenated alkanes) is 1. The summed E-state index contributed by atoms with van der Waals surface area (Å²) in [4.78, 5) is 5.21. The minimum atomic E-state index is 0.189. The lowest BCUT2D eigenvalue weighted by atomic mass is 9.80. The Morgan fingerprint density at radius 2 is 1.50 bits per heavy atom. The Morgan fingerprint density at radius 3 is 2.15 bits per heavy atom. The Balaban J connectivity index is 1.80. The van der Waals surface area contributed by atoms with Crippen molar-refractivity contribution < 1.29 is 0 Å². The van der Waals surface area contributed by atoms with Gasteiger partial charge in [0.2, 0.25) is 0 Å². The van der Waals surface area contributed by atoms with Gasteiger partial charge in [-0.1, -0.05) is 90.4 Å². The van der Waals surface area contributed by atoms with E-state index < -0.39 is 0 Å². The Kier molecular flexibility index (Phi) is 7.77. The molecule has 0 N–H and O–H groups in total. The predicted molar refractivity (Wildman–Crippen MR) is 150 cm³/mol. The van der Waals surface area contributed by atoms with Crippen LogP contribution < -0.4 is 4.90 Å². The van der Waals surface area contributed by atoms with E-state index in [9.17, 15) is 0 Å². The lowest BCUT2D eigenvalue weighted by molar-refractivity contribution is 0.472. The van der Waals surface area contributed by atoms with Crippen molar-refractivity contribution in [2.45, 2.75) is 101 Å². The molecule has 0 saturated heterocycles. The van der Waals surface area contributed by atoms with E-state index in [1.807, 2.05) is 11.8 Å². The monoisotopic (exact) mass is 471 g/mol. The average molecular weight is 472 g/mol. The van der Waals surface area contributed by atoms with Gasteiger partial charge in [-0.2, -0.15) is 0 Å². The summed E-state index contributed by atoms with van der Waals surface area (Å²) in [5, 5.41) is 0. The highest BCUT2D eigenvalue weighted by Gasteiger charge is 2.28. The summed E-state index contributed by atoms with van der Waals surface area (Å²) < 4.78 is 0. The molecule has 0 radical (unpaired) electrons. The molecule has 1 nitrogen and oxygen atoms in total. The van der Waals surface area contributed by atoms with Crippen molar-refractivity contribution in [2.24, 2.45) is 0 Å². The summed E-state index contributed by atoms with van der Waals surface area (Å²) in [5.41, 5.74) is 8.35. The third kappa shape index (κ3) is 5.08. The van der Waals surface area contributed by atoms with Gasteiger partial charge in [-0.25, -0.2) is 0 Å². The maximum atomic E-state index is 2.47. The maximum Gasteiger partial charge on any atom is 0.0601 e. The molecule has 34 heavy (non-hydrogen) atoms. The molecule has 0 fully saturated rings. The molecule has 1 atom stereocenters. The molecule has 0 bridgehead atoms. The van der Waals surface area contributed by atoms with Crippen molar-refractivity contribution in [3.8, 4) is 0 Å². The first-order valence-electron chi connectivity index (χ1n) is 13.2. The van der Waals surface area contributed by atoms with Crippen LogP contribution in [0.4, 0.5) is 17.1 Å². The van der Waals surface area contributed by atoms with E-state index in [1.165, 1.54) is 75.6 Å². The lowest BCUT2D eigenvalue weighted by Crippen LogP contribution is -2.19. The topological polar surface area (TPSA) is 3.24 Å². The predicted octanol–water partition coefficient (Wildman–Crippen LogP) is 10.6. The van der Waals surface area contributed by atoms with E-state index in [2.05, 4.69) is 107 Å². The summed E-state index contributed by atoms with van der Waals surface area (Å²) in [6.45, 7) is 13.9. The van der Waals surface area contributed by atoms with Gasteiger partial charge in [0.25, 0.3) is 0 Å². The fourth-order valence-corrected chi connectivity index (χ4v) is 6.17. The van der Waals surface area contributed by atoms with Gasteiger partial charge in [0.05, 0.1) is 11.4 Å². The van der Waals surface area contributed by atoms with Crippen LogP contribution in [-0.2, 0) is 11.8 Å². The van der Waals surface area contributed by atoms with Gasteiger partial charge in [0, 0.05) is 15.5 Å². The van der Waals surface area contributed by atoms with E-state index in [-0.39, 0.29) is 5.41 Å². The summed E-state index contributed by atoms with van der Waals surface area (Å²) in [6, 6.07) is 23.5. The molecule has 0 saturated carbocycles. The zero-order valence-electron chi connectivity index (χ0n) is 21.9. The highest BCUT2D eigenvalue weighted by atomic mass is 32.2. The van der Waals surface area contributed by atoms with Gasteiger partial charge in [0.1, 0.15) is 0 Å². The van der Waals surface area contributed by atoms with E-state index in [4.69, 9.17) is 0 Å². The van der Waals surface area contributed by atoms with Crippen molar-refractivity contribution in [3.63, 3.8) is 0 Å². The summed E-state index contributed by atoms with van der Waals surface area (Å²) >= 11 is 1.94. The second kappa shape index (κ2) is 10.6. The Morgan fingerprint density at radius 1 is 0.824 bits per heavy atom. The standard InChI is InChI=1S/C32H41NS/c1-7-10-11-24-12-16-27(17-13-24)33-28-18-14-25(23(4)9-3)21-30(28)34-31-22-26(15-19-29(31)33)32(5,6)20-8-2/h12-19,21-23H,7-11,20H2,1-6H3. The molecule has 1 unspecified atom stereocenters. The number of fused-ring (bicyclic) bond motifs is 2. The molecular weight excluding hydrogens is 430 g/mol. The first-order valence-corrected chi connectivity index (χ1v) is 14.0. The molecule has 0 aromatic heterocycles. The number of nitrogens with zero attached hydrogens (tertiary/aromatic N) is 1. The van der Waals surface area contributed by atoms with Crippen LogP contribution in [0.1, 0.15) is 96.3 Å². The maximum absolute atomic E-state index is 2.47. The summed E-state index contributed by atoms with van der Waals surface area (Å²) in [6.07, 6.45) is 7.22. The van der Waals surface area contributed by atoms with Crippen molar-refractivity contribution in [1.29, 1.82) is 0 Å². The van der Waals surface area contributed by atoms with Crippen LogP contribution >= 0.6 is 11.8 Å². The second-order valence-corrected chi connectivity index (χ2v) is 11.6. The third-order valence-corrected chi connectivity index (χ3v) is 8.59. The van der Waals surface area contributed by atoms with Gasteiger partial charge in [-0.15, -0.1) is 0 Å². The number of benzene rings is 3. The molecule has 3 aromatic rings. The van der Waals surface area contributed by atoms with E-state index in [1.54, 1.807) is 0 Å². The van der Waals surface area contributed by atoms with E-state index in [0.717, 1.165) is 6.42 Å². The molecule has 4 rings (SSSR count). The quantitative estimate of drug-likeness (QED) is 0.239. The normalized spacial score (nSPS) is 14.0. The largest absolute Gasteiger partial charge is 0.308 e. The van der Waals surface area contributed by atoms with Crippen LogP contribution in [0.15, 0.2) is 70.5 Å². The highest BCUT2D eigenvalue weighted by molar-refractivity contribution is 7.99. The van der Waals surface area contributed by atoms with Crippen LogP contribution in [0.5, 0.6) is 0 Å². The second-order valence-electron chi connectivity index (χ2n) is 10.6. The Labute approximate surface area is 212 Å². The minimum absolute atomic E-state index is 0.189. The highest BCUT2D eigenvalue weighted by Crippen LogP contribution is 2.53. The SMILES string of the molecule is CCCCc1ccc(N2c3ccc(C(C)CC)cc3Sc3cc(C(C)(C)CCC)ccc32)cc1. The van der Waals surface area contributed by atoms with E-state index in [0.29, 0.717) is 5.92 Å². The molecule has 3 aromatic carbocycles. The van der Waals surface area contributed by atoms with Crippen LogP contribution in [0.25, 0.3) is 0 Å². The molecule has 2 heteroatoms. The van der Waals surface area contributed by atoms with Gasteiger partial charge >= 0.3 is 0 Å². The molecule has 0 aliphatic carbocycles. The lowest BCUT2D eigenvalue weighted by Gasteiger charge is -2.35. The number of anilines is 3. The number of hydrogen-bond acceptors (Lipinski definition) is 2. The number of aryl methyl sites for hydroxylation is 1. The van der Waals surface area contributed by atoms with E-state index >= 15 is 0 Å². The average Bonchev–Trinajstić information content (AvgIpc) is 2.85. The zero-order valence-corrected chi connectivity index (χ0v) is 22.8. The molecular formula is C32H41NS. The number of hydrogen-bond donors (Lipinski definition) is 0. The van der Waals surface area contributed by atoms with Gasteiger partial charge < -0.3 is 4.90 Å². The first-order chi connectivity index (χ1) is 16.4. The van der Waals surface area contributed by atoms with Crippen LogP contribution in [0.3, 0.4) is 0 Å². The van der Waals surface area contributed by atoms with Crippen LogP contribution in [0, 0.1) is 0 Å². The fourth-order valence-electron chi connectivity index (χ4n) is 5.03. The zero-order chi connectivity index (χ0) is 24.3. The Hall–Kier alpha value is -2.19. The first kappa shape index (κ1) is 24.9. The molecule has 1 heterocycles. The summed E-state index contributed by atoms with van der Waals surface area (Å²) in [5.74, 6) is 0.577. The van der Waals surface area contributed by atoms with Gasteiger partial charge in [-0.05, 0) is 90.1 Å². The van der Waals surface area contributed by atoms with Gasteiger partial charge in [0.15, 0.2) is 0 Å². The smallest absolute Gasteiger partial charge is 0.0601 e. The fraction of sp³-hybridized carbons (Fsp3) is 0.438. The Bertz CT molecular complexity index is 1110. The molecule has 180 valence electrons.